The van der Waals surface area contributed by atoms with E-state index in [1.54, 1.807) is 28.6 Å². The molecular formula is C14H24N2O2S. The molecule has 1 rings (SSSR count). The van der Waals surface area contributed by atoms with Crippen molar-refractivity contribution in [1.82, 2.24) is 4.31 Å². The van der Waals surface area contributed by atoms with Crippen molar-refractivity contribution in [3.8, 4) is 0 Å². The summed E-state index contributed by atoms with van der Waals surface area (Å²) in [6, 6.07) is 6.74. The fraction of sp³-hybridized carbons (Fsp3) is 0.571. The van der Waals surface area contributed by atoms with Crippen LogP contribution in [0.3, 0.4) is 0 Å². The zero-order valence-corrected chi connectivity index (χ0v) is 12.9. The number of nitrogens with zero attached hydrogens (tertiary/aromatic N) is 1. The van der Waals surface area contributed by atoms with Gasteiger partial charge in [-0.15, -0.1) is 0 Å². The van der Waals surface area contributed by atoms with Gasteiger partial charge in [0.1, 0.15) is 0 Å². The van der Waals surface area contributed by atoms with Crippen LogP contribution in [0.2, 0.25) is 0 Å². The first-order chi connectivity index (χ1) is 8.78. The van der Waals surface area contributed by atoms with Crippen LogP contribution in [0.5, 0.6) is 0 Å². The maximum absolute atomic E-state index is 12.6. The van der Waals surface area contributed by atoms with E-state index >= 15 is 0 Å². The normalized spacial score (nSPS) is 12.6. The van der Waals surface area contributed by atoms with Crippen LogP contribution in [0.25, 0.3) is 0 Å². The Bertz CT molecular complexity index is 493. The lowest BCUT2D eigenvalue weighted by atomic mass is 10.2. The molecule has 0 radical (unpaired) electrons. The summed E-state index contributed by atoms with van der Waals surface area (Å²) in [7, 11) is -3.43. The molecule has 0 aromatic heterocycles. The quantitative estimate of drug-likeness (QED) is 0.871. The van der Waals surface area contributed by atoms with E-state index in [1.807, 2.05) is 27.7 Å². The first kappa shape index (κ1) is 16.1. The average Bonchev–Trinajstić information content (AvgIpc) is 2.35. The lowest BCUT2D eigenvalue weighted by Gasteiger charge is -2.27. The Hall–Kier alpha value is -0.910. The van der Waals surface area contributed by atoms with Gasteiger partial charge < -0.3 is 5.73 Å². The predicted molar refractivity (Wildman–Crippen MR) is 78.2 cm³/mol. The number of sulfonamides is 1. The van der Waals surface area contributed by atoms with E-state index in [1.165, 1.54) is 0 Å². The maximum atomic E-state index is 12.6. The van der Waals surface area contributed by atoms with Crippen LogP contribution < -0.4 is 5.73 Å². The molecule has 108 valence electrons. The molecule has 2 N–H and O–H groups in total. The molecule has 0 heterocycles. The first-order valence-corrected chi connectivity index (χ1v) is 8.04. The van der Waals surface area contributed by atoms with E-state index in [0.29, 0.717) is 23.9 Å². The highest BCUT2D eigenvalue weighted by Gasteiger charge is 2.27. The second-order valence-corrected chi connectivity index (χ2v) is 7.30. The third kappa shape index (κ3) is 4.03. The molecule has 0 bridgehead atoms. The third-order valence-electron chi connectivity index (χ3n) is 2.89. The number of hydrogen-bond acceptors (Lipinski definition) is 3. The summed E-state index contributed by atoms with van der Waals surface area (Å²) >= 11 is 0. The van der Waals surface area contributed by atoms with Gasteiger partial charge in [0, 0.05) is 19.1 Å². The monoisotopic (exact) mass is 284 g/mol. The summed E-state index contributed by atoms with van der Waals surface area (Å²) in [5, 5.41) is 0. The van der Waals surface area contributed by atoms with E-state index < -0.39 is 10.0 Å². The summed E-state index contributed by atoms with van der Waals surface area (Å²) in [5.41, 5.74) is 6.45. The standard InChI is InChI=1S/C14H24N2O2S/c1-11(2)10-16(12(3)4)19(17,18)14-7-5-13(9-15)6-8-14/h5-8,11-12H,9-10,15H2,1-4H3. The van der Waals surface area contributed by atoms with E-state index in [2.05, 4.69) is 0 Å². The van der Waals surface area contributed by atoms with Crippen LogP contribution in [-0.2, 0) is 16.6 Å². The molecule has 0 aliphatic carbocycles. The molecular weight excluding hydrogens is 260 g/mol. The van der Waals surface area contributed by atoms with E-state index in [4.69, 9.17) is 5.73 Å². The number of benzene rings is 1. The first-order valence-electron chi connectivity index (χ1n) is 6.60. The van der Waals surface area contributed by atoms with Crippen molar-refractivity contribution < 1.29 is 8.42 Å². The van der Waals surface area contributed by atoms with Crippen LogP contribution in [0.4, 0.5) is 0 Å². The Kier molecular flexibility index (Phi) is 5.52. The summed E-state index contributed by atoms with van der Waals surface area (Å²) in [6.07, 6.45) is 0. The predicted octanol–water partition coefficient (Wildman–Crippen LogP) is 2.20. The lowest BCUT2D eigenvalue weighted by molar-refractivity contribution is 0.319. The molecule has 0 saturated carbocycles. The van der Waals surface area contributed by atoms with Gasteiger partial charge in [-0.1, -0.05) is 26.0 Å². The Morgan fingerprint density at radius 2 is 1.63 bits per heavy atom. The molecule has 4 nitrogen and oxygen atoms in total. The van der Waals surface area contributed by atoms with E-state index in [9.17, 15) is 8.42 Å². The van der Waals surface area contributed by atoms with Gasteiger partial charge in [0.15, 0.2) is 0 Å². The van der Waals surface area contributed by atoms with Crippen LogP contribution in [0.1, 0.15) is 33.3 Å². The largest absolute Gasteiger partial charge is 0.326 e. The van der Waals surface area contributed by atoms with E-state index in [0.717, 1.165) is 5.56 Å². The molecule has 0 aliphatic heterocycles. The minimum atomic E-state index is -3.43. The van der Waals surface area contributed by atoms with Crippen molar-refractivity contribution in [2.75, 3.05) is 6.54 Å². The summed E-state index contributed by atoms with van der Waals surface area (Å²) in [4.78, 5) is 0.332. The highest BCUT2D eigenvalue weighted by atomic mass is 32.2. The fourth-order valence-electron chi connectivity index (χ4n) is 1.88. The van der Waals surface area contributed by atoms with Gasteiger partial charge in [0.2, 0.25) is 10.0 Å². The molecule has 0 fully saturated rings. The zero-order chi connectivity index (χ0) is 14.6. The topological polar surface area (TPSA) is 63.4 Å². The molecule has 0 amide bonds. The zero-order valence-electron chi connectivity index (χ0n) is 12.1. The highest BCUT2D eigenvalue weighted by molar-refractivity contribution is 7.89. The summed E-state index contributed by atoms with van der Waals surface area (Å²) < 4.78 is 26.8. The minimum absolute atomic E-state index is 0.0541. The number of nitrogens with two attached hydrogens (primary N) is 1. The molecule has 0 unspecified atom stereocenters. The summed E-state index contributed by atoms with van der Waals surface area (Å²) in [6.45, 7) is 8.77. The molecule has 1 aromatic carbocycles. The summed E-state index contributed by atoms with van der Waals surface area (Å²) in [5.74, 6) is 0.292. The number of rotatable bonds is 6. The van der Waals surface area contributed by atoms with Crippen LogP contribution in [0, 0.1) is 5.92 Å². The molecule has 0 spiro atoms. The van der Waals surface area contributed by atoms with Gasteiger partial charge >= 0.3 is 0 Å². The van der Waals surface area contributed by atoms with Gasteiger partial charge in [-0.3, -0.25) is 0 Å². The van der Waals surface area contributed by atoms with Crippen LogP contribution in [0.15, 0.2) is 29.2 Å². The van der Waals surface area contributed by atoms with Crippen molar-refractivity contribution in [3.63, 3.8) is 0 Å². The highest BCUT2D eigenvalue weighted by Crippen LogP contribution is 2.20. The van der Waals surface area contributed by atoms with Gasteiger partial charge in [-0.25, -0.2) is 8.42 Å². The second kappa shape index (κ2) is 6.50. The minimum Gasteiger partial charge on any atom is -0.326 e. The van der Waals surface area contributed by atoms with Crippen molar-refractivity contribution >= 4 is 10.0 Å². The number of hydrogen-bond donors (Lipinski definition) is 1. The SMILES string of the molecule is CC(C)CN(C(C)C)S(=O)(=O)c1ccc(CN)cc1. The maximum Gasteiger partial charge on any atom is 0.243 e. The van der Waals surface area contributed by atoms with Crippen molar-refractivity contribution in [1.29, 1.82) is 0 Å². The van der Waals surface area contributed by atoms with Gasteiger partial charge in [-0.2, -0.15) is 4.31 Å². The lowest BCUT2D eigenvalue weighted by Crippen LogP contribution is -2.39. The molecule has 19 heavy (non-hydrogen) atoms. The Morgan fingerprint density at radius 3 is 2.00 bits per heavy atom. The van der Waals surface area contributed by atoms with Crippen molar-refractivity contribution in [2.24, 2.45) is 11.7 Å². The van der Waals surface area contributed by atoms with Gasteiger partial charge in [0.25, 0.3) is 0 Å². The molecule has 0 saturated heterocycles. The Morgan fingerprint density at radius 1 is 1.11 bits per heavy atom. The van der Waals surface area contributed by atoms with E-state index in [-0.39, 0.29) is 6.04 Å². The average molecular weight is 284 g/mol. The second-order valence-electron chi connectivity index (χ2n) is 5.41. The van der Waals surface area contributed by atoms with Crippen molar-refractivity contribution in [3.05, 3.63) is 29.8 Å². The fourth-order valence-corrected chi connectivity index (χ4v) is 3.68. The van der Waals surface area contributed by atoms with Gasteiger partial charge in [0.05, 0.1) is 4.90 Å². The van der Waals surface area contributed by atoms with Crippen molar-refractivity contribution in [2.45, 2.75) is 45.2 Å². The molecule has 1 aromatic rings. The van der Waals surface area contributed by atoms with Crippen LogP contribution >= 0.6 is 0 Å². The molecule has 0 atom stereocenters. The third-order valence-corrected chi connectivity index (χ3v) is 4.94. The van der Waals surface area contributed by atoms with Gasteiger partial charge in [-0.05, 0) is 37.5 Å². The van der Waals surface area contributed by atoms with Crippen LogP contribution in [-0.4, -0.2) is 25.3 Å². The Balaban J connectivity index is 3.11. The smallest absolute Gasteiger partial charge is 0.243 e. The molecule has 0 aliphatic rings. The molecule has 5 heteroatoms. The Labute approximate surface area is 116 Å².